The Morgan fingerprint density at radius 2 is 2.00 bits per heavy atom. The van der Waals surface area contributed by atoms with Gasteiger partial charge in [0, 0.05) is 19.8 Å². The molecule has 0 saturated heterocycles. The Bertz CT molecular complexity index is 123. The van der Waals surface area contributed by atoms with Gasteiger partial charge in [0.2, 0.25) is 0 Å². The van der Waals surface area contributed by atoms with E-state index in [1.165, 1.54) is 18.4 Å². The number of rotatable bonds is 9. The van der Waals surface area contributed by atoms with Crippen molar-refractivity contribution in [2.45, 2.75) is 33.1 Å². The lowest BCUT2D eigenvalue weighted by atomic mass is 10.3. The van der Waals surface area contributed by atoms with Crippen molar-refractivity contribution in [1.29, 1.82) is 0 Å². The summed E-state index contributed by atoms with van der Waals surface area (Å²) >= 11 is 0. The maximum atomic E-state index is 5.42. The van der Waals surface area contributed by atoms with Crippen LogP contribution < -0.4 is 5.32 Å². The van der Waals surface area contributed by atoms with Gasteiger partial charge in [0.25, 0.3) is 0 Å². The molecule has 0 aliphatic carbocycles. The summed E-state index contributed by atoms with van der Waals surface area (Å²) in [6.45, 7) is 11.8. The maximum absolute atomic E-state index is 5.42. The monoisotopic (exact) mass is 185 g/mol. The number of hydrogen-bond acceptors (Lipinski definition) is 2. The molecule has 0 bridgehead atoms. The van der Waals surface area contributed by atoms with Crippen molar-refractivity contribution in [2.75, 3.05) is 26.3 Å². The summed E-state index contributed by atoms with van der Waals surface area (Å²) in [6.07, 6.45) is 3.49. The van der Waals surface area contributed by atoms with Gasteiger partial charge in [-0.15, -0.1) is 0 Å². The van der Waals surface area contributed by atoms with Gasteiger partial charge in [-0.25, -0.2) is 0 Å². The van der Waals surface area contributed by atoms with Crippen LogP contribution in [-0.2, 0) is 4.74 Å². The molecule has 0 aromatic heterocycles. The van der Waals surface area contributed by atoms with E-state index in [1.54, 1.807) is 0 Å². The molecule has 13 heavy (non-hydrogen) atoms. The van der Waals surface area contributed by atoms with Gasteiger partial charge in [-0.3, -0.25) is 0 Å². The minimum absolute atomic E-state index is 0.878. The molecule has 0 heterocycles. The van der Waals surface area contributed by atoms with Crippen molar-refractivity contribution in [1.82, 2.24) is 5.32 Å². The average Bonchev–Trinajstić information content (AvgIpc) is 2.09. The zero-order valence-electron chi connectivity index (χ0n) is 9.07. The largest absolute Gasteiger partial charge is 0.381 e. The standard InChI is InChI=1S/C11H23NO/c1-4-5-8-13-9-6-7-12-10-11(2)3/h12H,2,4-10H2,1,3H3. The smallest absolute Gasteiger partial charge is 0.0478 e. The summed E-state index contributed by atoms with van der Waals surface area (Å²) in [5.41, 5.74) is 1.19. The summed E-state index contributed by atoms with van der Waals surface area (Å²) in [6, 6.07) is 0. The Kier molecular flexibility index (Phi) is 9.49. The zero-order valence-corrected chi connectivity index (χ0v) is 9.07. The van der Waals surface area contributed by atoms with Gasteiger partial charge in [-0.05, 0) is 26.3 Å². The molecule has 78 valence electrons. The van der Waals surface area contributed by atoms with E-state index in [0.29, 0.717) is 0 Å². The maximum Gasteiger partial charge on any atom is 0.0478 e. The highest BCUT2D eigenvalue weighted by Crippen LogP contribution is 1.89. The first-order chi connectivity index (χ1) is 6.27. The van der Waals surface area contributed by atoms with Gasteiger partial charge in [0.15, 0.2) is 0 Å². The lowest BCUT2D eigenvalue weighted by Gasteiger charge is -2.04. The van der Waals surface area contributed by atoms with Gasteiger partial charge in [0.05, 0.1) is 0 Å². The van der Waals surface area contributed by atoms with Crippen LogP contribution in [0.5, 0.6) is 0 Å². The Morgan fingerprint density at radius 3 is 2.62 bits per heavy atom. The molecule has 0 saturated carbocycles. The molecular formula is C11H23NO. The molecule has 2 heteroatoms. The molecule has 0 fully saturated rings. The number of hydrogen-bond donors (Lipinski definition) is 1. The molecule has 0 unspecified atom stereocenters. The average molecular weight is 185 g/mol. The van der Waals surface area contributed by atoms with Crippen LogP contribution in [0.2, 0.25) is 0 Å². The van der Waals surface area contributed by atoms with Crippen LogP contribution >= 0.6 is 0 Å². The van der Waals surface area contributed by atoms with Crippen LogP contribution in [0.1, 0.15) is 33.1 Å². The molecule has 2 nitrogen and oxygen atoms in total. The second kappa shape index (κ2) is 9.75. The van der Waals surface area contributed by atoms with Gasteiger partial charge >= 0.3 is 0 Å². The molecule has 0 radical (unpaired) electrons. The first-order valence-corrected chi connectivity index (χ1v) is 5.20. The lowest BCUT2D eigenvalue weighted by Crippen LogP contribution is -2.18. The fourth-order valence-electron chi connectivity index (χ4n) is 0.949. The van der Waals surface area contributed by atoms with Crippen molar-refractivity contribution in [3.8, 4) is 0 Å². The molecule has 0 aliphatic rings. The third-order valence-corrected chi connectivity index (χ3v) is 1.71. The van der Waals surface area contributed by atoms with Crippen molar-refractivity contribution in [3.05, 3.63) is 12.2 Å². The summed E-state index contributed by atoms with van der Waals surface area (Å²) < 4.78 is 5.42. The van der Waals surface area contributed by atoms with Crippen molar-refractivity contribution < 1.29 is 4.74 Å². The van der Waals surface area contributed by atoms with Crippen LogP contribution in [0.4, 0.5) is 0 Å². The van der Waals surface area contributed by atoms with Gasteiger partial charge in [0.1, 0.15) is 0 Å². The third kappa shape index (κ3) is 11.7. The van der Waals surface area contributed by atoms with E-state index in [0.717, 1.165) is 32.7 Å². The zero-order chi connectivity index (χ0) is 9.94. The fraction of sp³-hybridized carbons (Fsp3) is 0.818. The molecular weight excluding hydrogens is 162 g/mol. The fourth-order valence-corrected chi connectivity index (χ4v) is 0.949. The minimum atomic E-state index is 0.878. The lowest BCUT2D eigenvalue weighted by molar-refractivity contribution is 0.129. The van der Waals surface area contributed by atoms with Crippen LogP contribution in [-0.4, -0.2) is 26.3 Å². The predicted molar refractivity (Wildman–Crippen MR) is 58.0 cm³/mol. The van der Waals surface area contributed by atoms with Crippen LogP contribution in [0, 0.1) is 0 Å². The van der Waals surface area contributed by atoms with Crippen LogP contribution in [0.3, 0.4) is 0 Å². The Labute approximate surface area is 82.4 Å². The van der Waals surface area contributed by atoms with Crippen LogP contribution in [0.15, 0.2) is 12.2 Å². The van der Waals surface area contributed by atoms with E-state index in [2.05, 4.69) is 18.8 Å². The molecule has 0 aromatic carbocycles. The molecule has 0 rings (SSSR count). The highest BCUT2D eigenvalue weighted by molar-refractivity contribution is 4.90. The minimum Gasteiger partial charge on any atom is -0.381 e. The molecule has 1 N–H and O–H groups in total. The predicted octanol–water partition coefficient (Wildman–Crippen LogP) is 2.36. The first kappa shape index (κ1) is 12.7. The van der Waals surface area contributed by atoms with Gasteiger partial charge < -0.3 is 10.1 Å². The third-order valence-electron chi connectivity index (χ3n) is 1.71. The Hall–Kier alpha value is -0.340. The normalized spacial score (nSPS) is 10.3. The Morgan fingerprint density at radius 1 is 1.31 bits per heavy atom. The van der Waals surface area contributed by atoms with E-state index in [1.807, 2.05) is 6.92 Å². The van der Waals surface area contributed by atoms with Gasteiger partial charge in [-0.1, -0.05) is 25.5 Å². The Balaban J connectivity index is 2.87. The highest BCUT2D eigenvalue weighted by atomic mass is 16.5. The van der Waals surface area contributed by atoms with Crippen LogP contribution in [0.25, 0.3) is 0 Å². The SMILES string of the molecule is C=C(C)CNCCCOCCCC. The quantitative estimate of drug-likeness (QED) is 0.440. The van der Waals surface area contributed by atoms with Crippen molar-refractivity contribution in [3.63, 3.8) is 0 Å². The van der Waals surface area contributed by atoms with E-state index in [9.17, 15) is 0 Å². The molecule has 0 spiro atoms. The summed E-state index contributed by atoms with van der Waals surface area (Å²) in [7, 11) is 0. The molecule has 0 aromatic rings. The molecule has 0 atom stereocenters. The second-order valence-electron chi connectivity index (χ2n) is 3.45. The van der Waals surface area contributed by atoms with E-state index in [4.69, 9.17) is 4.74 Å². The van der Waals surface area contributed by atoms with Gasteiger partial charge in [-0.2, -0.15) is 0 Å². The highest BCUT2D eigenvalue weighted by Gasteiger charge is 1.89. The molecule has 0 amide bonds. The molecule has 0 aliphatic heterocycles. The second-order valence-corrected chi connectivity index (χ2v) is 3.45. The summed E-state index contributed by atoms with van der Waals surface area (Å²) in [5.74, 6) is 0. The van der Waals surface area contributed by atoms with E-state index in [-0.39, 0.29) is 0 Å². The number of ether oxygens (including phenoxy) is 1. The number of unbranched alkanes of at least 4 members (excludes halogenated alkanes) is 1. The van der Waals surface area contributed by atoms with Crippen molar-refractivity contribution in [2.24, 2.45) is 0 Å². The number of nitrogens with one attached hydrogen (secondary N) is 1. The van der Waals surface area contributed by atoms with E-state index >= 15 is 0 Å². The summed E-state index contributed by atoms with van der Waals surface area (Å²) in [5, 5.41) is 3.30. The first-order valence-electron chi connectivity index (χ1n) is 5.20. The van der Waals surface area contributed by atoms with E-state index < -0.39 is 0 Å². The topological polar surface area (TPSA) is 21.3 Å². The summed E-state index contributed by atoms with van der Waals surface area (Å²) in [4.78, 5) is 0. The van der Waals surface area contributed by atoms with Crippen molar-refractivity contribution >= 4 is 0 Å².